The summed E-state index contributed by atoms with van der Waals surface area (Å²) in [5.74, 6) is 0. The second kappa shape index (κ2) is 5.57. The third-order valence-electron chi connectivity index (χ3n) is 1.09. The van der Waals surface area contributed by atoms with Crippen molar-refractivity contribution < 1.29 is 39.3 Å². The van der Waals surface area contributed by atoms with Crippen LogP contribution in [-0.2, 0) is 29.5 Å². The Morgan fingerprint density at radius 3 is 1.75 bits per heavy atom. The van der Waals surface area contributed by atoms with Gasteiger partial charge in [-0.25, -0.2) is 0 Å². The summed E-state index contributed by atoms with van der Waals surface area (Å²) >= 11 is 0. The Bertz CT molecular complexity index is 258. The van der Waals surface area contributed by atoms with Gasteiger partial charge in [0.05, 0.1) is 5.30 Å². The van der Waals surface area contributed by atoms with E-state index in [2.05, 4.69) is 0 Å². The average Bonchev–Trinajstić information content (AvgIpc) is 1.88. The molecule has 0 aromatic heterocycles. The van der Waals surface area contributed by atoms with E-state index in [-0.39, 0.29) is 30.3 Å². The zero-order valence-corrected chi connectivity index (χ0v) is 10.1. The SMILES string of the molecule is O=P(O)(O)c1ccccc1.[O-2].[Zn+2]. The molecule has 0 atom stereocenters. The topological polar surface area (TPSA) is 86.0 Å². The monoisotopic (exact) mass is 238 g/mol. The minimum absolute atomic E-state index is 0. The van der Waals surface area contributed by atoms with Gasteiger partial charge in [0, 0.05) is 0 Å². The van der Waals surface area contributed by atoms with Crippen LogP contribution >= 0.6 is 7.60 Å². The zero-order valence-electron chi connectivity index (χ0n) is 6.25. The van der Waals surface area contributed by atoms with E-state index in [1.165, 1.54) is 12.1 Å². The maximum atomic E-state index is 10.5. The molecule has 0 aliphatic heterocycles. The van der Waals surface area contributed by atoms with Crippen molar-refractivity contribution in [1.29, 1.82) is 0 Å². The fourth-order valence-electron chi connectivity index (χ4n) is 0.622. The van der Waals surface area contributed by atoms with Gasteiger partial charge in [-0.3, -0.25) is 4.57 Å². The van der Waals surface area contributed by atoms with E-state index in [9.17, 15) is 4.57 Å². The van der Waals surface area contributed by atoms with Gasteiger partial charge in [-0.1, -0.05) is 18.2 Å². The van der Waals surface area contributed by atoms with Crippen molar-refractivity contribution in [3.05, 3.63) is 30.3 Å². The Balaban J connectivity index is 0. The Kier molecular flexibility index (Phi) is 6.72. The third kappa shape index (κ3) is 4.10. The van der Waals surface area contributed by atoms with Gasteiger partial charge in [-0.15, -0.1) is 0 Å². The van der Waals surface area contributed by atoms with Crippen molar-refractivity contribution in [3.63, 3.8) is 0 Å². The summed E-state index contributed by atoms with van der Waals surface area (Å²) < 4.78 is 10.5. The van der Waals surface area contributed by atoms with E-state index in [4.69, 9.17) is 9.79 Å². The van der Waals surface area contributed by atoms with Crippen LogP contribution < -0.4 is 5.30 Å². The molecule has 0 amide bonds. The van der Waals surface area contributed by atoms with Crippen molar-refractivity contribution >= 4 is 12.9 Å². The first-order valence-electron chi connectivity index (χ1n) is 2.72. The zero-order chi connectivity index (χ0) is 7.61. The van der Waals surface area contributed by atoms with Gasteiger partial charge in [0.25, 0.3) is 0 Å². The molecule has 0 radical (unpaired) electrons. The first-order valence-corrected chi connectivity index (χ1v) is 4.33. The Hall–Kier alpha value is -0.0466. The quantitative estimate of drug-likeness (QED) is 0.548. The van der Waals surface area contributed by atoms with Crippen LogP contribution in [0, 0.1) is 0 Å². The number of benzene rings is 1. The van der Waals surface area contributed by atoms with Gasteiger partial charge in [-0.2, -0.15) is 0 Å². The molecular weight excluding hydrogens is 232 g/mol. The van der Waals surface area contributed by atoms with Crippen LogP contribution in [0.25, 0.3) is 0 Å². The Morgan fingerprint density at radius 2 is 1.50 bits per heavy atom. The maximum absolute atomic E-state index is 10.5. The van der Waals surface area contributed by atoms with Crippen molar-refractivity contribution in [2.24, 2.45) is 0 Å². The van der Waals surface area contributed by atoms with Crippen LogP contribution in [0.5, 0.6) is 0 Å². The summed E-state index contributed by atoms with van der Waals surface area (Å²) in [6.45, 7) is 0. The second-order valence-electron chi connectivity index (χ2n) is 1.88. The predicted octanol–water partition coefficient (Wildman–Crippen LogP) is 0.368. The van der Waals surface area contributed by atoms with Crippen molar-refractivity contribution in [2.45, 2.75) is 0 Å². The number of hydrogen-bond acceptors (Lipinski definition) is 1. The molecule has 2 N–H and O–H groups in total. The molecule has 0 saturated heterocycles. The van der Waals surface area contributed by atoms with Crippen LogP contribution in [0.2, 0.25) is 0 Å². The molecule has 1 aromatic rings. The number of rotatable bonds is 1. The minimum Gasteiger partial charge on any atom is -2.00 e. The Labute approximate surface area is 82.8 Å². The van der Waals surface area contributed by atoms with Gasteiger partial charge < -0.3 is 15.3 Å². The van der Waals surface area contributed by atoms with Crippen LogP contribution in [-0.4, -0.2) is 9.79 Å². The third-order valence-corrected chi connectivity index (χ3v) is 2.06. The molecule has 12 heavy (non-hydrogen) atoms. The first-order chi connectivity index (χ1) is 4.61. The van der Waals surface area contributed by atoms with E-state index >= 15 is 0 Å². The molecule has 0 saturated carbocycles. The summed E-state index contributed by atoms with van der Waals surface area (Å²) in [6.07, 6.45) is 0. The summed E-state index contributed by atoms with van der Waals surface area (Å²) in [7, 11) is -4.02. The van der Waals surface area contributed by atoms with Gasteiger partial charge >= 0.3 is 27.1 Å². The molecule has 1 aromatic carbocycles. The molecule has 0 bridgehead atoms. The van der Waals surface area contributed by atoms with Gasteiger partial charge in [0.2, 0.25) is 0 Å². The van der Waals surface area contributed by atoms with Crippen LogP contribution in [0.3, 0.4) is 0 Å². The molecule has 0 spiro atoms. The molecule has 0 aliphatic rings. The first kappa shape index (κ1) is 14.5. The van der Waals surface area contributed by atoms with Crippen molar-refractivity contribution in [2.75, 3.05) is 0 Å². The van der Waals surface area contributed by atoms with Crippen LogP contribution in [0.15, 0.2) is 30.3 Å². The van der Waals surface area contributed by atoms with Crippen LogP contribution in [0.4, 0.5) is 0 Å². The molecule has 1 rings (SSSR count). The summed E-state index contributed by atoms with van der Waals surface area (Å²) in [4.78, 5) is 17.2. The van der Waals surface area contributed by atoms with E-state index in [1.54, 1.807) is 18.2 Å². The molecule has 0 heterocycles. The van der Waals surface area contributed by atoms with Gasteiger partial charge in [0.1, 0.15) is 0 Å². The molecular formula is C6H7O4PZn. The summed E-state index contributed by atoms with van der Waals surface area (Å²) in [6, 6.07) is 7.70. The normalized spacial score (nSPS) is 9.50. The van der Waals surface area contributed by atoms with Gasteiger partial charge in [0.15, 0.2) is 0 Å². The number of hydrogen-bond donors (Lipinski definition) is 2. The Morgan fingerprint density at radius 1 is 1.08 bits per heavy atom. The molecule has 6 heteroatoms. The maximum Gasteiger partial charge on any atom is 2.00 e. The molecule has 4 nitrogen and oxygen atoms in total. The average molecular weight is 239 g/mol. The largest absolute Gasteiger partial charge is 2.00 e. The van der Waals surface area contributed by atoms with E-state index in [0.717, 1.165) is 0 Å². The molecule has 0 fully saturated rings. The molecule has 0 unspecified atom stereocenters. The van der Waals surface area contributed by atoms with E-state index < -0.39 is 7.60 Å². The van der Waals surface area contributed by atoms with Gasteiger partial charge in [-0.05, 0) is 12.1 Å². The van der Waals surface area contributed by atoms with E-state index in [1.807, 2.05) is 0 Å². The van der Waals surface area contributed by atoms with Crippen LogP contribution in [0.1, 0.15) is 0 Å². The smallest absolute Gasteiger partial charge is 2.00 e. The molecule has 0 aliphatic carbocycles. The fraction of sp³-hybridized carbons (Fsp3) is 0. The summed E-state index contributed by atoms with van der Waals surface area (Å²) in [5, 5.41) is 0.0648. The standard InChI is InChI=1S/C6H7O3P.O.Zn/c7-10(8,9)6-4-2-1-3-5-6;;/h1-5H,(H2,7,8,9);;/q;-2;+2. The molecule has 62 valence electrons. The predicted molar refractivity (Wildman–Crippen MR) is 38.8 cm³/mol. The van der Waals surface area contributed by atoms with E-state index in [0.29, 0.717) is 0 Å². The van der Waals surface area contributed by atoms with Crippen molar-refractivity contribution in [3.8, 4) is 0 Å². The van der Waals surface area contributed by atoms with Crippen molar-refractivity contribution in [1.82, 2.24) is 0 Å². The minimum atomic E-state index is -4.02. The fourth-order valence-corrected chi connectivity index (χ4v) is 1.18. The summed E-state index contributed by atoms with van der Waals surface area (Å²) in [5.41, 5.74) is 0. The second-order valence-corrected chi connectivity index (χ2v) is 3.48.